The maximum atomic E-state index is 13.4. The van der Waals surface area contributed by atoms with Crippen LogP contribution in [0.5, 0.6) is 11.5 Å². The number of nitrogens with zero attached hydrogens (tertiary/aromatic N) is 5. The van der Waals surface area contributed by atoms with Crippen LogP contribution in [0.1, 0.15) is 37.4 Å². The highest BCUT2D eigenvalue weighted by atomic mass is 16.5. The van der Waals surface area contributed by atoms with Crippen molar-refractivity contribution in [1.82, 2.24) is 25.1 Å². The normalized spacial score (nSPS) is 17.0. The molecule has 1 aromatic heterocycles. The van der Waals surface area contributed by atoms with E-state index in [9.17, 15) is 4.79 Å². The van der Waals surface area contributed by atoms with Crippen molar-refractivity contribution in [3.8, 4) is 22.9 Å². The van der Waals surface area contributed by atoms with Crippen LogP contribution in [0.15, 0.2) is 48.5 Å². The third-order valence-electron chi connectivity index (χ3n) is 5.50. The minimum atomic E-state index is -0.563. The average molecular weight is 407 g/mol. The van der Waals surface area contributed by atoms with Gasteiger partial charge in [0.05, 0.1) is 20.3 Å². The molecule has 1 amide bonds. The third kappa shape index (κ3) is 3.72. The van der Waals surface area contributed by atoms with E-state index in [1.165, 1.54) is 4.80 Å². The molecule has 2 aromatic carbocycles. The molecule has 30 heavy (non-hydrogen) atoms. The van der Waals surface area contributed by atoms with Gasteiger partial charge in [0.25, 0.3) is 0 Å². The molecule has 1 aliphatic rings. The molecule has 156 valence electrons. The highest BCUT2D eigenvalue weighted by molar-refractivity contribution is 5.80. The summed E-state index contributed by atoms with van der Waals surface area (Å²) in [5.41, 5.74) is 1.81. The van der Waals surface area contributed by atoms with E-state index in [-0.39, 0.29) is 11.9 Å². The van der Waals surface area contributed by atoms with E-state index >= 15 is 0 Å². The van der Waals surface area contributed by atoms with Gasteiger partial charge >= 0.3 is 0 Å². The van der Waals surface area contributed by atoms with Gasteiger partial charge in [0, 0.05) is 17.7 Å². The molecule has 1 saturated heterocycles. The largest absolute Gasteiger partial charge is 0.497 e. The minimum Gasteiger partial charge on any atom is -0.497 e. The van der Waals surface area contributed by atoms with Crippen molar-refractivity contribution < 1.29 is 14.3 Å². The first-order valence-corrected chi connectivity index (χ1v) is 9.99. The second-order valence-corrected chi connectivity index (χ2v) is 7.27. The summed E-state index contributed by atoms with van der Waals surface area (Å²) in [6.07, 6.45) is 1.78. The number of hydrogen-bond acceptors (Lipinski definition) is 6. The van der Waals surface area contributed by atoms with Crippen molar-refractivity contribution in [3.63, 3.8) is 0 Å². The van der Waals surface area contributed by atoms with E-state index in [0.717, 1.165) is 35.5 Å². The lowest BCUT2D eigenvalue weighted by Crippen LogP contribution is -2.36. The Labute approximate surface area is 175 Å². The van der Waals surface area contributed by atoms with Gasteiger partial charge in [-0.15, -0.1) is 10.2 Å². The molecule has 8 nitrogen and oxygen atoms in total. The van der Waals surface area contributed by atoms with Crippen LogP contribution in [0, 0.1) is 0 Å². The van der Waals surface area contributed by atoms with Crippen molar-refractivity contribution in [2.24, 2.45) is 0 Å². The second kappa shape index (κ2) is 8.52. The number of carbonyl (C=O) groups is 1. The molecule has 8 heteroatoms. The van der Waals surface area contributed by atoms with Gasteiger partial charge in [0.2, 0.25) is 11.7 Å². The summed E-state index contributed by atoms with van der Waals surface area (Å²) in [6, 6.07) is 14.6. The second-order valence-electron chi connectivity index (χ2n) is 7.27. The van der Waals surface area contributed by atoms with Crippen molar-refractivity contribution in [3.05, 3.63) is 54.1 Å². The van der Waals surface area contributed by atoms with Crippen LogP contribution in [-0.2, 0) is 4.79 Å². The first kappa shape index (κ1) is 19.9. The van der Waals surface area contributed by atoms with Crippen molar-refractivity contribution in [1.29, 1.82) is 0 Å². The van der Waals surface area contributed by atoms with Gasteiger partial charge in [-0.1, -0.05) is 30.3 Å². The summed E-state index contributed by atoms with van der Waals surface area (Å²) in [4.78, 5) is 16.6. The Morgan fingerprint density at radius 2 is 1.93 bits per heavy atom. The van der Waals surface area contributed by atoms with Gasteiger partial charge in [0.1, 0.15) is 17.5 Å². The van der Waals surface area contributed by atoms with E-state index < -0.39 is 6.04 Å². The van der Waals surface area contributed by atoms with Crippen LogP contribution in [0.2, 0.25) is 0 Å². The standard InChI is InChI=1S/C22H25N5O3/c1-15(27-24-21(23-25-27)16-8-5-4-6-9-16)22(28)26-13-7-10-19(26)18-14-17(29-2)11-12-20(18)30-3/h4-6,8-9,11-12,14-15,19H,7,10,13H2,1-3H3. The van der Waals surface area contributed by atoms with Crippen LogP contribution in [0.4, 0.5) is 0 Å². The monoisotopic (exact) mass is 407 g/mol. The predicted octanol–water partition coefficient (Wildman–Crippen LogP) is 3.28. The molecule has 0 aliphatic carbocycles. The van der Waals surface area contributed by atoms with Crippen LogP contribution < -0.4 is 9.47 Å². The Morgan fingerprint density at radius 3 is 2.67 bits per heavy atom. The summed E-state index contributed by atoms with van der Waals surface area (Å²) < 4.78 is 10.9. The fourth-order valence-corrected chi connectivity index (χ4v) is 3.88. The van der Waals surface area contributed by atoms with Crippen molar-refractivity contribution >= 4 is 5.91 Å². The number of ether oxygens (including phenoxy) is 2. The van der Waals surface area contributed by atoms with E-state index in [1.54, 1.807) is 21.1 Å². The highest BCUT2D eigenvalue weighted by Gasteiger charge is 2.35. The molecule has 2 atom stereocenters. The maximum Gasteiger partial charge on any atom is 0.249 e. The first-order valence-electron chi connectivity index (χ1n) is 9.99. The van der Waals surface area contributed by atoms with Gasteiger partial charge in [-0.2, -0.15) is 4.80 Å². The minimum absolute atomic E-state index is 0.0422. The zero-order chi connectivity index (χ0) is 21.1. The number of tetrazole rings is 1. The lowest BCUT2D eigenvalue weighted by Gasteiger charge is -2.28. The Bertz CT molecular complexity index is 1020. The zero-order valence-corrected chi connectivity index (χ0v) is 17.4. The summed E-state index contributed by atoms with van der Waals surface area (Å²) in [7, 11) is 3.27. The van der Waals surface area contributed by atoms with Gasteiger partial charge in [-0.05, 0) is 43.2 Å². The Hall–Kier alpha value is -3.42. The topological polar surface area (TPSA) is 82.4 Å². The fraction of sp³-hybridized carbons (Fsp3) is 0.364. The summed E-state index contributed by atoms with van der Waals surface area (Å²) >= 11 is 0. The summed E-state index contributed by atoms with van der Waals surface area (Å²) in [5.74, 6) is 1.95. The van der Waals surface area contributed by atoms with Crippen LogP contribution in [-0.4, -0.2) is 51.8 Å². The number of aromatic nitrogens is 4. The molecular weight excluding hydrogens is 382 g/mol. The number of hydrogen-bond donors (Lipinski definition) is 0. The third-order valence-corrected chi connectivity index (χ3v) is 5.50. The SMILES string of the molecule is COc1ccc(OC)c(C2CCCN2C(=O)C(C)n2nnc(-c3ccccc3)n2)c1. The van der Waals surface area contributed by atoms with Crippen LogP contribution in [0.25, 0.3) is 11.4 Å². The van der Waals surface area contributed by atoms with Crippen molar-refractivity contribution in [2.45, 2.75) is 31.8 Å². The maximum absolute atomic E-state index is 13.4. The molecule has 1 aliphatic heterocycles. The quantitative estimate of drug-likeness (QED) is 0.624. The number of rotatable bonds is 6. The molecule has 3 aromatic rings. The smallest absolute Gasteiger partial charge is 0.249 e. The van der Waals surface area contributed by atoms with E-state index in [2.05, 4.69) is 15.4 Å². The first-order chi connectivity index (χ1) is 14.6. The lowest BCUT2D eigenvalue weighted by molar-refractivity contribution is -0.135. The summed E-state index contributed by atoms with van der Waals surface area (Å²) in [5, 5.41) is 12.7. The average Bonchev–Trinajstić information content (AvgIpc) is 3.48. The molecule has 1 fully saturated rings. The van der Waals surface area contributed by atoms with E-state index in [0.29, 0.717) is 12.4 Å². The lowest BCUT2D eigenvalue weighted by atomic mass is 10.0. The molecule has 4 rings (SSSR count). The number of benzene rings is 2. The molecule has 2 heterocycles. The molecule has 0 saturated carbocycles. The highest BCUT2D eigenvalue weighted by Crippen LogP contribution is 2.39. The van der Waals surface area contributed by atoms with Gasteiger partial charge in [-0.25, -0.2) is 0 Å². The van der Waals surface area contributed by atoms with Gasteiger partial charge < -0.3 is 14.4 Å². The Balaban J connectivity index is 1.58. The Kier molecular flexibility index (Phi) is 5.65. The zero-order valence-electron chi connectivity index (χ0n) is 17.4. The van der Waals surface area contributed by atoms with E-state index in [1.807, 2.05) is 53.4 Å². The van der Waals surface area contributed by atoms with Crippen molar-refractivity contribution in [2.75, 3.05) is 20.8 Å². The number of amides is 1. The summed E-state index contributed by atoms with van der Waals surface area (Å²) in [6.45, 7) is 2.48. The molecule has 0 N–H and O–H groups in total. The van der Waals surface area contributed by atoms with E-state index in [4.69, 9.17) is 9.47 Å². The number of carbonyl (C=O) groups excluding carboxylic acids is 1. The molecule has 0 bridgehead atoms. The molecular formula is C22H25N5O3. The molecule has 0 radical (unpaired) electrons. The van der Waals surface area contributed by atoms with Gasteiger partial charge in [0.15, 0.2) is 0 Å². The van der Waals surface area contributed by atoms with Crippen LogP contribution in [0.3, 0.4) is 0 Å². The number of likely N-dealkylation sites (tertiary alicyclic amines) is 1. The van der Waals surface area contributed by atoms with Gasteiger partial charge in [-0.3, -0.25) is 4.79 Å². The van der Waals surface area contributed by atoms with Crippen LogP contribution >= 0.6 is 0 Å². The predicted molar refractivity (Wildman–Crippen MR) is 111 cm³/mol. The number of methoxy groups -OCH3 is 2. The molecule has 2 unspecified atom stereocenters. The fourth-order valence-electron chi connectivity index (χ4n) is 3.88. The Morgan fingerprint density at radius 1 is 1.13 bits per heavy atom. The molecule has 0 spiro atoms.